The van der Waals surface area contributed by atoms with Crippen molar-refractivity contribution in [3.63, 3.8) is 0 Å². The molecule has 1 aromatic heterocycles. The summed E-state index contributed by atoms with van der Waals surface area (Å²) in [5.74, 6) is 0. The Morgan fingerprint density at radius 3 is 3.36 bits per heavy atom. The Morgan fingerprint density at radius 2 is 2.45 bits per heavy atom. The fourth-order valence-electron chi connectivity index (χ4n) is 1.12. The van der Waals surface area contributed by atoms with Gasteiger partial charge in [-0.25, -0.2) is 4.98 Å². The Balaban J connectivity index is 2.47. The molecule has 2 heterocycles. The van der Waals surface area contributed by atoms with Gasteiger partial charge in [-0.3, -0.25) is 4.99 Å². The molecule has 0 unspecified atom stereocenters. The van der Waals surface area contributed by atoms with Gasteiger partial charge in [0.25, 0.3) is 0 Å². The fourth-order valence-corrected chi connectivity index (χ4v) is 1.12. The van der Waals surface area contributed by atoms with Crippen molar-refractivity contribution in [2.75, 3.05) is 0 Å². The second-order valence-electron chi connectivity index (χ2n) is 2.70. The molecule has 1 aromatic rings. The molecule has 11 heavy (non-hydrogen) atoms. The van der Waals surface area contributed by atoms with Crippen LogP contribution in [0.25, 0.3) is 0 Å². The first-order chi connectivity index (χ1) is 5.36. The molecule has 0 atom stereocenters. The van der Waals surface area contributed by atoms with Gasteiger partial charge in [0.05, 0.1) is 24.4 Å². The average Bonchev–Trinajstić information content (AvgIpc) is 2.31. The van der Waals surface area contributed by atoms with Crippen molar-refractivity contribution >= 4 is 6.21 Å². The van der Waals surface area contributed by atoms with Gasteiger partial charge in [0.2, 0.25) is 0 Å². The maximum atomic E-state index is 4.12. The van der Waals surface area contributed by atoms with Crippen LogP contribution in [0.2, 0.25) is 0 Å². The zero-order valence-electron chi connectivity index (χ0n) is 6.36. The van der Waals surface area contributed by atoms with E-state index in [-0.39, 0.29) is 0 Å². The Bertz CT molecular complexity index is 320. The quantitative estimate of drug-likeness (QED) is 0.542. The molecule has 0 radical (unpaired) electrons. The summed E-state index contributed by atoms with van der Waals surface area (Å²) in [6, 6.07) is 0. The minimum absolute atomic E-state index is 0.898. The second kappa shape index (κ2) is 2.34. The highest BCUT2D eigenvalue weighted by molar-refractivity contribution is 5.77. The van der Waals surface area contributed by atoms with Gasteiger partial charge < -0.3 is 4.57 Å². The molecule has 0 N–H and O–H groups in total. The minimum Gasteiger partial charge on any atom is -0.326 e. The lowest BCUT2D eigenvalue weighted by atomic mass is 10.3. The normalized spacial score (nSPS) is 15.5. The highest BCUT2D eigenvalue weighted by Crippen LogP contribution is 2.06. The second-order valence-corrected chi connectivity index (χ2v) is 2.70. The maximum absolute atomic E-state index is 4.12. The van der Waals surface area contributed by atoms with E-state index in [1.165, 1.54) is 5.57 Å². The minimum atomic E-state index is 0.898. The molecule has 0 bridgehead atoms. The van der Waals surface area contributed by atoms with Gasteiger partial charge >= 0.3 is 0 Å². The summed E-state index contributed by atoms with van der Waals surface area (Å²) >= 11 is 0. The third-order valence-corrected chi connectivity index (χ3v) is 1.67. The SMILES string of the molecule is CC1=CN=Cc2cncn2C1. The molecule has 0 spiro atoms. The topological polar surface area (TPSA) is 30.2 Å². The molecular weight excluding hydrogens is 138 g/mol. The highest BCUT2D eigenvalue weighted by Gasteiger charge is 2.01. The van der Waals surface area contributed by atoms with Crippen LogP contribution in [0.3, 0.4) is 0 Å². The van der Waals surface area contributed by atoms with Crippen LogP contribution >= 0.6 is 0 Å². The van der Waals surface area contributed by atoms with E-state index < -0.39 is 0 Å². The number of allylic oxidation sites excluding steroid dienone is 1. The number of aromatic nitrogens is 2. The summed E-state index contributed by atoms with van der Waals surface area (Å²) < 4.78 is 2.07. The number of hydrogen-bond donors (Lipinski definition) is 0. The van der Waals surface area contributed by atoms with Crippen LogP contribution in [0.1, 0.15) is 12.6 Å². The van der Waals surface area contributed by atoms with Crippen molar-refractivity contribution in [2.24, 2.45) is 4.99 Å². The molecule has 0 aliphatic carbocycles. The summed E-state index contributed by atoms with van der Waals surface area (Å²) in [4.78, 5) is 8.14. The molecule has 0 amide bonds. The Labute approximate surface area is 65.1 Å². The van der Waals surface area contributed by atoms with E-state index in [0.29, 0.717) is 0 Å². The van der Waals surface area contributed by atoms with Gasteiger partial charge in [0.15, 0.2) is 0 Å². The summed E-state index contributed by atoms with van der Waals surface area (Å²) in [7, 11) is 0. The molecule has 0 aromatic carbocycles. The van der Waals surface area contributed by atoms with Gasteiger partial charge in [-0.1, -0.05) is 0 Å². The summed E-state index contributed by atoms with van der Waals surface area (Å²) in [5, 5.41) is 0. The molecule has 1 aliphatic heterocycles. The van der Waals surface area contributed by atoms with Gasteiger partial charge in [-0.05, 0) is 12.5 Å². The zero-order chi connectivity index (χ0) is 7.68. The van der Waals surface area contributed by atoms with Gasteiger partial charge in [0, 0.05) is 12.7 Å². The van der Waals surface area contributed by atoms with Crippen molar-refractivity contribution in [1.82, 2.24) is 9.55 Å². The zero-order valence-corrected chi connectivity index (χ0v) is 6.36. The fraction of sp³-hybridized carbons (Fsp3) is 0.250. The van der Waals surface area contributed by atoms with Gasteiger partial charge in [-0.2, -0.15) is 0 Å². The van der Waals surface area contributed by atoms with Crippen LogP contribution in [-0.2, 0) is 6.54 Å². The van der Waals surface area contributed by atoms with Gasteiger partial charge in [-0.15, -0.1) is 0 Å². The Hall–Kier alpha value is -1.38. The van der Waals surface area contributed by atoms with E-state index >= 15 is 0 Å². The third-order valence-electron chi connectivity index (χ3n) is 1.67. The number of rotatable bonds is 0. The molecular formula is C8H9N3. The lowest BCUT2D eigenvalue weighted by molar-refractivity contribution is 0.780. The standard InChI is InChI=1S/C8H9N3/c1-7-2-9-3-8-4-10-6-11(8)5-7/h2-4,6H,5H2,1H3. The van der Waals surface area contributed by atoms with Crippen molar-refractivity contribution in [3.8, 4) is 0 Å². The number of fused-ring (bicyclic) bond motifs is 1. The first-order valence-electron chi connectivity index (χ1n) is 3.55. The summed E-state index contributed by atoms with van der Waals surface area (Å²) in [6.07, 6.45) is 7.34. The number of hydrogen-bond acceptors (Lipinski definition) is 2. The van der Waals surface area contributed by atoms with Crippen molar-refractivity contribution in [1.29, 1.82) is 0 Å². The van der Waals surface area contributed by atoms with Crippen molar-refractivity contribution in [3.05, 3.63) is 30.0 Å². The van der Waals surface area contributed by atoms with Gasteiger partial charge in [0.1, 0.15) is 0 Å². The van der Waals surface area contributed by atoms with E-state index in [4.69, 9.17) is 0 Å². The van der Waals surface area contributed by atoms with Crippen LogP contribution in [-0.4, -0.2) is 15.8 Å². The number of aliphatic imine (C=N–C) groups is 1. The van der Waals surface area contributed by atoms with Crippen LogP contribution in [0.15, 0.2) is 29.3 Å². The summed E-state index contributed by atoms with van der Waals surface area (Å²) in [5.41, 5.74) is 2.32. The van der Waals surface area contributed by atoms with E-state index in [0.717, 1.165) is 12.2 Å². The predicted octanol–water partition coefficient (Wildman–Crippen LogP) is 1.22. The molecule has 1 aliphatic rings. The van der Waals surface area contributed by atoms with E-state index in [2.05, 4.69) is 21.5 Å². The van der Waals surface area contributed by atoms with Crippen molar-refractivity contribution < 1.29 is 0 Å². The van der Waals surface area contributed by atoms with Crippen LogP contribution in [0.4, 0.5) is 0 Å². The first-order valence-corrected chi connectivity index (χ1v) is 3.55. The average molecular weight is 147 g/mol. The first kappa shape index (κ1) is 6.34. The van der Waals surface area contributed by atoms with Crippen LogP contribution < -0.4 is 0 Å². The lowest BCUT2D eigenvalue weighted by Crippen LogP contribution is -1.99. The van der Waals surface area contributed by atoms with Crippen LogP contribution in [0, 0.1) is 0 Å². The Morgan fingerprint density at radius 1 is 1.55 bits per heavy atom. The monoisotopic (exact) mass is 147 g/mol. The lowest BCUT2D eigenvalue weighted by Gasteiger charge is -2.00. The predicted molar refractivity (Wildman–Crippen MR) is 43.6 cm³/mol. The molecule has 2 rings (SSSR count). The molecule has 0 saturated carbocycles. The van der Waals surface area contributed by atoms with E-state index in [1.54, 1.807) is 0 Å². The maximum Gasteiger partial charge on any atom is 0.0954 e. The smallest absolute Gasteiger partial charge is 0.0954 e. The molecule has 3 heteroatoms. The van der Waals surface area contributed by atoms with E-state index in [1.807, 2.05) is 24.9 Å². The third kappa shape index (κ3) is 1.09. The van der Waals surface area contributed by atoms with E-state index in [9.17, 15) is 0 Å². The Kier molecular flexibility index (Phi) is 1.35. The number of imidazole rings is 1. The van der Waals surface area contributed by atoms with Crippen molar-refractivity contribution in [2.45, 2.75) is 13.5 Å². The number of nitrogens with zero attached hydrogens (tertiary/aromatic N) is 3. The van der Waals surface area contributed by atoms with Crippen LogP contribution in [0.5, 0.6) is 0 Å². The molecule has 56 valence electrons. The molecule has 0 saturated heterocycles. The molecule has 0 fully saturated rings. The summed E-state index contributed by atoms with van der Waals surface area (Å²) in [6.45, 7) is 2.96. The largest absolute Gasteiger partial charge is 0.326 e. The highest BCUT2D eigenvalue weighted by atomic mass is 15.1. The molecule has 3 nitrogen and oxygen atoms in total.